The molecule has 0 amide bonds. The molecule has 0 heterocycles. The van der Waals surface area contributed by atoms with Gasteiger partial charge >= 0.3 is 7.69 Å². The zero-order valence-electron chi connectivity index (χ0n) is 20.5. The van der Waals surface area contributed by atoms with Crippen molar-refractivity contribution in [3.8, 4) is 16.9 Å². The van der Waals surface area contributed by atoms with Crippen LogP contribution in [0.5, 0.6) is 5.75 Å². The van der Waals surface area contributed by atoms with Gasteiger partial charge in [-0.15, -0.1) is 0 Å². The summed E-state index contributed by atoms with van der Waals surface area (Å²) in [5.41, 5.74) is 2.52. The van der Waals surface area contributed by atoms with Crippen molar-refractivity contribution < 1.29 is 9.68 Å². The monoisotopic (exact) mass is 737 g/mol. The quantitative estimate of drug-likeness (QED) is 0.114. The van der Waals surface area contributed by atoms with E-state index < -0.39 is 0 Å². The van der Waals surface area contributed by atoms with Gasteiger partial charge in [-0.2, -0.15) is 0 Å². The Balaban J connectivity index is 0.000000144. The first-order valence-electron chi connectivity index (χ1n) is 12.1. The molecule has 189 valence electrons. The van der Waals surface area contributed by atoms with Gasteiger partial charge in [0.05, 0.1) is 0 Å². The molecule has 0 aromatic heterocycles. The minimum Gasteiger partial charge on any atom is -0.537 e. The average molecular weight is 739 g/mol. The summed E-state index contributed by atoms with van der Waals surface area (Å²) in [6, 6.07) is 35.0. The zero-order chi connectivity index (χ0) is 26.7. The van der Waals surface area contributed by atoms with Gasteiger partial charge in [0, 0.05) is 12.9 Å². The molecule has 2 nitrogen and oxygen atoms in total. The highest BCUT2D eigenvalue weighted by Crippen LogP contribution is 2.26. The lowest BCUT2D eigenvalue weighted by molar-refractivity contribution is 0.454. The van der Waals surface area contributed by atoms with E-state index in [1.54, 1.807) is 0 Å². The molecule has 1 unspecified atom stereocenters. The Bertz CT molecular complexity index is 1550. The van der Waals surface area contributed by atoms with Gasteiger partial charge in [-0.1, -0.05) is 139 Å². The zero-order valence-corrected chi connectivity index (χ0v) is 25.8. The molecule has 6 rings (SSSR count). The standard InChI is InChI=1S/C16H11Br.C10H7BBrO2.C6H7I/c17-16-9-8-13-6-7-14(10-15(13)11-16)12-4-2-1-3-5-12;12-9-3-1-7-2-4-10(14-11-13)6-8(7)5-9;7-6-4-2-1-3-5-6/h1-11H;1-6,13H;1-4,6H,5H2. The topological polar surface area (TPSA) is 29.5 Å². The first kappa shape index (κ1) is 28.6. The van der Waals surface area contributed by atoms with E-state index in [0.29, 0.717) is 13.4 Å². The lowest BCUT2D eigenvalue weighted by atomic mass is 10.0. The number of allylic oxidation sites excluding steroid dienone is 4. The van der Waals surface area contributed by atoms with Crippen LogP contribution in [0.15, 0.2) is 136 Å². The van der Waals surface area contributed by atoms with Gasteiger partial charge in [-0.3, -0.25) is 0 Å². The number of benzene rings is 5. The largest absolute Gasteiger partial charge is 0.569 e. The minimum atomic E-state index is 0.623. The molecule has 0 spiro atoms. The molecule has 0 saturated heterocycles. The number of fused-ring (bicyclic) bond motifs is 2. The molecule has 0 aliphatic heterocycles. The maximum Gasteiger partial charge on any atom is 0.569 e. The highest BCUT2D eigenvalue weighted by atomic mass is 127. The summed E-state index contributed by atoms with van der Waals surface area (Å²) in [4.78, 5) is 0. The molecule has 5 aromatic rings. The number of rotatable bonds is 3. The smallest absolute Gasteiger partial charge is 0.537 e. The van der Waals surface area contributed by atoms with Crippen LogP contribution < -0.4 is 4.65 Å². The SMILES string of the molecule is Brc1ccc2ccc(-c3ccccc3)cc2c1.IC1C=CC=CC1.O[B]Oc1ccc2ccc(Br)cc2c1. The molecule has 1 aliphatic rings. The predicted molar refractivity (Wildman–Crippen MR) is 178 cm³/mol. The van der Waals surface area contributed by atoms with E-state index in [9.17, 15) is 0 Å². The van der Waals surface area contributed by atoms with Crippen LogP contribution in [0.3, 0.4) is 0 Å². The fourth-order valence-electron chi connectivity index (χ4n) is 3.91. The Kier molecular flexibility index (Phi) is 11.1. The molecule has 1 aliphatic carbocycles. The second kappa shape index (κ2) is 14.7. The average Bonchev–Trinajstić information content (AvgIpc) is 2.94. The van der Waals surface area contributed by atoms with Crippen LogP contribution in [0.2, 0.25) is 0 Å². The fraction of sp³-hybridized carbons (Fsp3) is 0.0625. The van der Waals surface area contributed by atoms with Crippen molar-refractivity contribution in [1.29, 1.82) is 0 Å². The van der Waals surface area contributed by atoms with Gasteiger partial charge in [0.25, 0.3) is 0 Å². The normalized spacial score (nSPS) is 13.7. The summed E-state index contributed by atoms with van der Waals surface area (Å²) in [6.07, 6.45) is 9.80. The van der Waals surface area contributed by atoms with Crippen LogP contribution in [0.4, 0.5) is 0 Å². The van der Waals surface area contributed by atoms with Crippen LogP contribution in [-0.2, 0) is 0 Å². The third kappa shape index (κ3) is 8.56. The van der Waals surface area contributed by atoms with E-state index >= 15 is 0 Å². The van der Waals surface area contributed by atoms with Crippen molar-refractivity contribution in [3.63, 3.8) is 0 Å². The number of halogens is 3. The Hall–Kier alpha value is -2.39. The Morgan fingerprint density at radius 3 is 1.89 bits per heavy atom. The highest BCUT2D eigenvalue weighted by Gasteiger charge is 2.00. The van der Waals surface area contributed by atoms with Crippen LogP contribution in [0.25, 0.3) is 32.7 Å². The number of hydrogen-bond donors (Lipinski definition) is 1. The molecule has 1 radical (unpaired) electrons. The highest BCUT2D eigenvalue weighted by molar-refractivity contribution is 14.1. The second-order valence-electron chi connectivity index (χ2n) is 8.51. The Morgan fingerprint density at radius 2 is 1.32 bits per heavy atom. The Labute approximate surface area is 255 Å². The summed E-state index contributed by atoms with van der Waals surface area (Å²) in [7, 11) is 0.680. The molecule has 6 heteroatoms. The maximum absolute atomic E-state index is 8.49. The van der Waals surface area contributed by atoms with Crippen molar-refractivity contribution >= 4 is 83.7 Å². The van der Waals surface area contributed by atoms with Gasteiger partial charge in [-0.25, -0.2) is 0 Å². The lowest BCUT2D eigenvalue weighted by Gasteiger charge is -2.04. The van der Waals surface area contributed by atoms with E-state index in [4.69, 9.17) is 9.68 Å². The van der Waals surface area contributed by atoms with Gasteiger partial charge in [0.15, 0.2) is 0 Å². The van der Waals surface area contributed by atoms with Gasteiger partial charge in [0.1, 0.15) is 5.75 Å². The van der Waals surface area contributed by atoms with Crippen molar-refractivity contribution in [2.75, 3.05) is 0 Å². The van der Waals surface area contributed by atoms with E-state index in [0.717, 1.165) is 23.6 Å². The summed E-state index contributed by atoms with van der Waals surface area (Å²) >= 11 is 9.33. The van der Waals surface area contributed by atoms with Crippen LogP contribution in [0.1, 0.15) is 6.42 Å². The third-order valence-electron chi connectivity index (χ3n) is 5.80. The molecular weight excluding hydrogens is 714 g/mol. The second-order valence-corrected chi connectivity index (χ2v) is 11.9. The molecule has 5 aromatic carbocycles. The third-order valence-corrected chi connectivity index (χ3v) is 7.71. The Morgan fingerprint density at radius 1 is 0.684 bits per heavy atom. The van der Waals surface area contributed by atoms with Crippen molar-refractivity contribution in [2.45, 2.75) is 10.3 Å². The van der Waals surface area contributed by atoms with Gasteiger partial charge in [-0.05, 0) is 81.6 Å². The first-order chi connectivity index (χ1) is 18.5. The molecule has 1 N–H and O–H groups in total. The van der Waals surface area contributed by atoms with E-state index in [1.807, 2.05) is 42.5 Å². The molecule has 1 atom stereocenters. The summed E-state index contributed by atoms with van der Waals surface area (Å²) in [6.45, 7) is 0. The molecule has 0 saturated carbocycles. The first-order valence-corrected chi connectivity index (χ1v) is 14.9. The summed E-state index contributed by atoms with van der Waals surface area (Å²) in [5, 5.41) is 13.2. The van der Waals surface area contributed by atoms with Gasteiger partial charge < -0.3 is 9.68 Å². The maximum atomic E-state index is 8.49. The molecule has 0 bridgehead atoms. The van der Waals surface area contributed by atoms with Crippen molar-refractivity contribution in [3.05, 3.63) is 136 Å². The van der Waals surface area contributed by atoms with E-state index in [-0.39, 0.29) is 0 Å². The van der Waals surface area contributed by atoms with Crippen molar-refractivity contribution in [1.82, 2.24) is 0 Å². The molecular formula is C32H25BBr2IO2. The van der Waals surface area contributed by atoms with Crippen LogP contribution >= 0.6 is 54.5 Å². The predicted octanol–water partition coefficient (Wildman–Crippen LogP) is 10.1. The lowest BCUT2D eigenvalue weighted by Crippen LogP contribution is -1.99. The van der Waals surface area contributed by atoms with Crippen LogP contribution in [-0.4, -0.2) is 16.6 Å². The molecule has 38 heavy (non-hydrogen) atoms. The number of alkyl halides is 1. The fourth-order valence-corrected chi connectivity index (χ4v) is 5.20. The van der Waals surface area contributed by atoms with E-state index in [2.05, 4.69) is 139 Å². The van der Waals surface area contributed by atoms with E-state index in [1.165, 1.54) is 28.3 Å². The summed E-state index contributed by atoms with van der Waals surface area (Å²) < 4.78 is 7.75. The number of hydrogen-bond acceptors (Lipinski definition) is 2. The van der Waals surface area contributed by atoms with Crippen molar-refractivity contribution in [2.24, 2.45) is 0 Å². The summed E-state index contributed by atoms with van der Waals surface area (Å²) in [5.74, 6) is 0.623. The van der Waals surface area contributed by atoms with Crippen LogP contribution in [0, 0.1) is 0 Å². The minimum absolute atomic E-state index is 0.623. The van der Waals surface area contributed by atoms with Gasteiger partial charge in [0.2, 0.25) is 0 Å². The molecule has 0 fully saturated rings.